The third kappa shape index (κ3) is 5.41. The van der Waals surface area contributed by atoms with E-state index >= 15 is 0 Å². The number of rotatable bonds is 8. The molecule has 2 N–H and O–H groups in total. The van der Waals surface area contributed by atoms with E-state index in [1.54, 1.807) is 42.5 Å². The predicted molar refractivity (Wildman–Crippen MR) is 98.1 cm³/mol. The third-order valence-electron chi connectivity index (χ3n) is 3.47. The molecule has 0 aliphatic rings. The summed E-state index contributed by atoms with van der Waals surface area (Å²) in [7, 11) is 3.05. The van der Waals surface area contributed by atoms with Crippen LogP contribution in [0.25, 0.3) is 0 Å². The molecule has 2 amide bonds. The molecule has 0 unspecified atom stereocenters. The highest BCUT2D eigenvalue weighted by Crippen LogP contribution is 2.23. The minimum atomic E-state index is -0.293. The molecule has 0 heterocycles. The molecule has 0 atom stereocenters. The van der Waals surface area contributed by atoms with E-state index in [0.29, 0.717) is 35.0 Å². The second-order valence-corrected chi connectivity index (χ2v) is 5.32. The SMILES string of the molecule is CCNC(=O)COc1ccc(NC(=O)c2cc(OC)cc(OC)c2)cc1. The van der Waals surface area contributed by atoms with E-state index in [2.05, 4.69) is 10.6 Å². The Morgan fingerprint density at radius 2 is 1.54 bits per heavy atom. The maximum Gasteiger partial charge on any atom is 0.257 e. The van der Waals surface area contributed by atoms with Gasteiger partial charge >= 0.3 is 0 Å². The lowest BCUT2D eigenvalue weighted by atomic mass is 10.1. The van der Waals surface area contributed by atoms with Gasteiger partial charge in [-0.1, -0.05) is 0 Å². The highest BCUT2D eigenvalue weighted by Gasteiger charge is 2.10. The molecular formula is C19H22N2O5. The van der Waals surface area contributed by atoms with Crippen molar-refractivity contribution >= 4 is 17.5 Å². The molecular weight excluding hydrogens is 336 g/mol. The van der Waals surface area contributed by atoms with Gasteiger partial charge in [0.05, 0.1) is 14.2 Å². The molecule has 7 nitrogen and oxygen atoms in total. The summed E-state index contributed by atoms with van der Waals surface area (Å²) < 4.78 is 15.7. The highest BCUT2D eigenvalue weighted by atomic mass is 16.5. The van der Waals surface area contributed by atoms with Crippen molar-refractivity contribution in [1.29, 1.82) is 0 Å². The maximum atomic E-state index is 12.4. The monoisotopic (exact) mass is 358 g/mol. The molecule has 0 saturated heterocycles. The van der Waals surface area contributed by atoms with E-state index < -0.39 is 0 Å². The first-order valence-electron chi connectivity index (χ1n) is 8.09. The summed E-state index contributed by atoms with van der Waals surface area (Å²) in [5.74, 6) is 1.12. The fraction of sp³-hybridized carbons (Fsp3) is 0.263. The molecule has 0 radical (unpaired) electrons. The molecule has 2 aromatic carbocycles. The first-order valence-corrected chi connectivity index (χ1v) is 8.09. The maximum absolute atomic E-state index is 12.4. The Morgan fingerprint density at radius 1 is 0.923 bits per heavy atom. The van der Waals surface area contributed by atoms with Gasteiger partial charge in [-0.3, -0.25) is 9.59 Å². The molecule has 0 fully saturated rings. The Bertz CT molecular complexity index is 737. The van der Waals surface area contributed by atoms with Crippen LogP contribution in [0.15, 0.2) is 42.5 Å². The third-order valence-corrected chi connectivity index (χ3v) is 3.47. The molecule has 0 aliphatic heterocycles. The number of hydrogen-bond acceptors (Lipinski definition) is 5. The zero-order valence-corrected chi connectivity index (χ0v) is 15.0. The normalized spacial score (nSPS) is 9.96. The van der Waals surface area contributed by atoms with E-state index in [4.69, 9.17) is 14.2 Å². The molecule has 0 aliphatic carbocycles. The van der Waals surface area contributed by atoms with Crippen LogP contribution < -0.4 is 24.8 Å². The topological polar surface area (TPSA) is 85.9 Å². The van der Waals surface area contributed by atoms with Gasteiger partial charge < -0.3 is 24.8 Å². The number of benzene rings is 2. The second-order valence-electron chi connectivity index (χ2n) is 5.32. The molecule has 0 saturated carbocycles. The average molecular weight is 358 g/mol. The average Bonchev–Trinajstić information content (AvgIpc) is 2.67. The lowest BCUT2D eigenvalue weighted by Gasteiger charge is -2.10. The minimum absolute atomic E-state index is 0.0524. The molecule has 7 heteroatoms. The number of ether oxygens (including phenoxy) is 3. The summed E-state index contributed by atoms with van der Waals surface area (Å²) in [4.78, 5) is 23.8. The van der Waals surface area contributed by atoms with Crippen LogP contribution in [0.1, 0.15) is 17.3 Å². The number of carbonyl (C=O) groups is 2. The van der Waals surface area contributed by atoms with Crippen molar-refractivity contribution in [2.75, 3.05) is 32.7 Å². The van der Waals surface area contributed by atoms with Crippen molar-refractivity contribution in [2.45, 2.75) is 6.92 Å². The summed E-state index contributed by atoms with van der Waals surface area (Å²) in [6.07, 6.45) is 0. The Labute approximate surface area is 152 Å². The standard InChI is InChI=1S/C19H22N2O5/c1-4-20-18(22)12-26-15-7-5-14(6-8-15)21-19(23)13-9-16(24-2)11-17(10-13)25-3/h5-11H,4,12H2,1-3H3,(H,20,22)(H,21,23). The predicted octanol–water partition coefficient (Wildman–Crippen LogP) is 2.47. The number of hydrogen-bond donors (Lipinski definition) is 2. The van der Waals surface area contributed by atoms with Crippen LogP contribution in [0.5, 0.6) is 17.2 Å². The van der Waals surface area contributed by atoms with Crippen LogP contribution in [0.4, 0.5) is 5.69 Å². The lowest BCUT2D eigenvalue weighted by Crippen LogP contribution is -2.28. The summed E-state index contributed by atoms with van der Waals surface area (Å²) in [5, 5.41) is 5.44. The van der Waals surface area contributed by atoms with E-state index in [1.807, 2.05) is 6.92 Å². The van der Waals surface area contributed by atoms with Crippen molar-refractivity contribution in [2.24, 2.45) is 0 Å². The number of amides is 2. The van der Waals surface area contributed by atoms with Crippen LogP contribution in [0.3, 0.4) is 0 Å². The van der Waals surface area contributed by atoms with Gasteiger partial charge in [-0.05, 0) is 43.3 Å². The second kappa shape index (κ2) is 9.31. The van der Waals surface area contributed by atoms with Gasteiger partial charge in [-0.25, -0.2) is 0 Å². The summed E-state index contributed by atoms with van der Waals surface area (Å²) in [6.45, 7) is 2.35. The van der Waals surface area contributed by atoms with Crippen molar-refractivity contribution in [3.8, 4) is 17.2 Å². The van der Waals surface area contributed by atoms with E-state index in [-0.39, 0.29) is 18.4 Å². The van der Waals surface area contributed by atoms with Gasteiger partial charge in [0.2, 0.25) is 0 Å². The van der Waals surface area contributed by atoms with Gasteiger partial charge in [0, 0.05) is 23.9 Å². The molecule has 26 heavy (non-hydrogen) atoms. The van der Waals surface area contributed by atoms with Gasteiger partial charge in [-0.2, -0.15) is 0 Å². The molecule has 0 bridgehead atoms. The number of anilines is 1. The number of carbonyl (C=O) groups excluding carboxylic acids is 2. The van der Waals surface area contributed by atoms with Crippen LogP contribution in [0, 0.1) is 0 Å². The molecule has 138 valence electrons. The van der Waals surface area contributed by atoms with Crippen molar-refractivity contribution in [3.63, 3.8) is 0 Å². The smallest absolute Gasteiger partial charge is 0.257 e. The fourth-order valence-electron chi connectivity index (χ4n) is 2.17. The zero-order valence-electron chi connectivity index (χ0n) is 15.0. The number of methoxy groups -OCH3 is 2. The van der Waals surface area contributed by atoms with E-state index in [9.17, 15) is 9.59 Å². The van der Waals surface area contributed by atoms with Crippen LogP contribution in [-0.2, 0) is 4.79 Å². The van der Waals surface area contributed by atoms with Gasteiger partial charge in [0.25, 0.3) is 11.8 Å². The Kier molecular flexibility index (Phi) is 6.84. The van der Waals surface area contributed by atoms with Crippen LogP contribution >= 0.6 is 0 Å². The first-order chi connectivity index (χ1) is 12.5. The number of nitrogens with one attached hydrogen (secondary N) is 2. The summed E-state index contributed by atoms with van der Waals surface area (Å²) in [6, 6.07) is 11.7. The van der Waals surface area contributed by atoms with Crippen LogP contribution in [0.2, 0.25) is 0 Å². The quantitative estimate of drug-likeness (QED) is 0.757. The number of likely N-dealkylation sites (N-methyl/N-ethyl adjacent to an activating group) is 1. The highest BCUT2D eigenvalue weighted by molar-refractivity contribution is 6.04. The Hall–Kier alpha value is -3.22. The summed E-state index contributed by atoms with van der Waals surface area (Å²) in [5.41, 5.74) is 1.01. The minimum Gasteiger partial charge on any atom is -0.497 e. The van der Waals surface area contributed by atoms with Crippen molar-refractivity contribution < 1.29 is 23.8 Å². The largest absolute Gasteiger partial charge is 0.497 e. The lowest BCUT2D eigenvalue weighted by molar-refractivity contribution is -0.122. The van der Waals surface area contributed by atoms with Gasteiger partial charge in [0.1, 0.15) is 17.2 Å². The van der Waals surface area contributed by atoms with Crippen molar-refractivity contribution in [1.82, 2.24) is 5.32 Å². The van der Waals surface area contributed by atoms with Crippen LogP contribution in [-0.4, -0.2) is 39.2 Å². The van der Waals surface area contributed by atoms with E-state index in [1.165, 1.54) is 14.2 Å². The Morgan fingerprint density at radius 3 is 2.08 bits per heavy atom. The van der Waals surface area contributed by atoms with Gasteiger partial charge in [0.15, 0.2) is 6.61 Å². The fourth-order valence-corrected chi connectivity index (χ4v) is 2.17. The zero-order chi connectivity index (χ0) is 18.9. The van der Waals surface area contributed by atoms with Gasteiger partial charge in [-0.15, -0.1) is 0 Å². The first kappa shape index (κ1) is 19.1. The van der Waals surface area contributed by atoms with E-state index in [0.717, 1.165) is 0 Å². The molecule has 2 aromatic rings. The van der Waals surface area contributed by atoms with Crippen molar-refractivity contribution in [3.05, 3.63) is 48.0 Å². The Balaban J connectivity index is 2.00. The summed E-state index contributed by atoms with van der Waals surface area (Å²) >= 11 is 0. The molecule has 2 rings (SSSR count). The molecule has 0 aromatic heterocycles. The molecule has 0 spiro atoms.